The summed E-state index contributed by atoms with van der Waals surface area (Å²) in [6, 6.07) is 11.8. The first kappa shape index (κ1) is 23.7. The van der Waals surface area contributed by atoms with E-state index in [4.69, 9.17) is 14.6 Å². The van der Waals surface area contributed by atoms with Crippen molar-refractivity contribution < 1.29 is 28.6 Å². The maximum Gasteiger partial charge on any atom is 0.341 e. The smallest absolute Gasteiger partial charge is 0.341 e. The summed E-state index contributed by atoms with van der Waals surface area (Å²) < 4.78 is 25.5. The van der Waals surface area contributed by atoms with Crippen LogP contribution in [0.2, 0.25) is 0 Å². The van der Waals surface area contributed by atoms with E-state index in [0.717, 1.165) is 16.7 Å². The zero-order chi connectivity index (χ0) is 23.5. The molecular formula is C25H30FNO5. The Kier molecular flexibility index (Phi) is 7.19. The average molecular weight is 444 g/mol. The van der Waals surface area contributed by atoms with Crippen LogP contribution in [0.3, 0.4) is 0 Å². The summed E-state index contributed by atoms with van der Waals surface area (Å²) in [5.74, 6) is -0.864. The molecule has 0 unspecified atom stereocenters. The molecule has 7 heteroatoms. The van der Waals surface area contributed by atoms with Crippen molar-refractivity contribution in [3.8, 4) is 5.75 Å². The molecule has 1 fully saturated rings. The quantitative estimate of drug-likeness (QED) is 0.636. The second-order valence-corrected chi connectivity index (χ2v) is 8.95. The molecule has 0 aromatic heterocycles. The summed E-state index contributed by atoms with van der Waals surface area (Å²) in [6.45, 7) is 7.11. The van der Waals surface area contributed by atoms with Crippen molar-refractivity contribution in [2.45, 2.75) is 64.2 Å². The molecular weight excluding hydrogens is 413 g/mol. The minimum Gasteiger partial charge on any atom is -0.482 e. The minimum absolute atomic E-state index is 0.149. The lowest BCUT2D eigenvalue weighted by Gasteiger charge is -2.43. The van der Waals surface area contributed by atoms with Crippen molar-refractivity contribution in [3.63, 3.8) is 0 Å². The highest BCUT2D eigenvalue weighted by Gasteiger charge is 2.41. The standard InChI is InChI=1S/C25H30FNO5/c1-15(2)18-7-10-21(31-14-24(29)30)20(11-18)23-13-25(4,27-16(3)28)12-22(32-23)17-5-8-19(26)9-6-17/h5-11,15,22-23H,12-14H2,1-4H3,(H,27,28)(H,29,30)/t22-,23+,25-/m0/s1. The van der Waals surface area contributed by atoms with Gasteiger partial charge in [-0.2, -0.15) is 0 Å². The van der Waals surface area contributed by atoms with Crippen LogP contribution in [0.5, 0.6) is 5.75 Å². The molecule has 2 N–H and O–H groups in total. The lowest BCUT2D eigenvalue weighted by atomic mass is 9.80. The molecule has 6 nitrogen and oxygen atoms in total. The Morgan fingerprint density at radius 2 is 1.84 bits per heavy atom. The topological polar surface area (TPSA) is 84.9 Å². The van der Waals surface area contributed by atoms with Crippen molar-refractivity contribution in [2.24, 2.45) is 0 Å². The maximum atomic E-state index is 13.5. The number of nitrogens with one attached hydrogen (secondary N) is 1. The lowest BCUT2D eigenvalue weighted by molar-refractivity contribution is -0.139. The first-order chi connectivity index (χ1) is 15.1. The van der Waals surface area contributed by atoms with Gasteiger partial charge in [0.05, 0.1) is 12.2 Å². The highest BCUT2D eigenvalue weighted by molar-refractivity contribution is 5.73. The monoisotopic (exact) mass is 443 g/mol. The second kappa shape index (κ2) is 9.69. The number of aliphatic carboxylic acids is 1. The Morgan fingerprint density at radius 1 is 1.19 bits per heavy atom. The lowest BCUT2D eigenvalue weighted by Crippen LogP contribution is -2.50. The Balaban J connectivity index is 2.02. The van der Waals surface area contributed by atoms with Gasteiger partial charge in [0.1, 0.15) is 11.6 Å². The molecule has 3 atom stereocenters. The van der Waals surface area contributed by atoms with Crippen LogP contribution in [-0.2, 0) is 14.3 Å². The van der Waals surface area contributed by atoms with E-state index in [-0.39, 0.29) is 23.7 Å². The molecule has 0 spiro atoms. The molecule has 2 aromatic carbocycles. The van der Waals surface area contributed by atoms with E-state index in [1.165, 1.54) is 19.1 Å². The molecule has 3 rings (SSSR count). The number of hydrogen-bond donors (Lipinski definition) is 2. The number of carbonyl (C=O) groups excluding carboxylic acids is 1. The first-order valence-electron chi connectivity index (χ1n) is 10.7. The molecule has 1 amide bonds. The number of halogens is 1. The zero-order valence-electron chi connectivity index (χ0n) is 18.9. The van der Waals surface area contributed by atoms with E-state index < -0.39 is 24.2 Å². The van der Waals surface area contributed by atoms with Crippen molar-refractivity contribution in [1.29, 1.82) is 0 Å². The van der Waals surface area contributed by atoms with Gasteiger partial charge in [0.15, 0.2) is 6.61 Å². The van der Waals surface area contributed by atoms with E-state index in [1.54, 1.807) is 18.2 Å². The van der Waals surface area contributed by atoms with Gasteiger partial charge in [-0.15, -0.1) is 0 Å². The minimum atomic E-state index is -1.07. The summed E-state index contributed by atoms with van der Waals surface area (Å²) in [7, 11) is 0. The average Bonchev–Trinajstić information content (AvgIpc) is 2.71. The molecule has 1 aliphatic heterocycles. The highest BCUT2D eigenvalue weighted by atomic mass is 19.1. The van der Waals surface area contributed by atoms with E-state index in [2.05, 4.69) is 19.2 Å². The highest BCUT2D eigenvalue weighted by Crippen LogP contribution is 2.46. The number of hydrogen-bond acceptors (Lipinski definition) is 4. The fourth-order valence-corrected chi connectivity index (χ4v) is 4.23. The van der Waals surface area contributed by atoms with Crippen LogP contribution in [0.1, 0.15) is 75.4 Å². The molecule has 1 heterocycles. The maximum absolute atomic E-state index is 13.5. The van der Waals surface area contributed by atoms with Crippen LogP contribution in [0, 0.1) is 5.82 Å². The number of amides is 1. The molecule has 2 aromatic rings. The first-order valence-corrected chi connectivity index (χ1v) is 10.7. The third kappa shape index (κ3) is 5.85. The number of benzene rings is 2. The fraction of sp³-hybridized carbons (Fsp3) is 0.440. The van der Waals surface area contributed by atoms with Crippen molar-refractivity contribution >= 4 is 11.9 Å². The van der Waals surface area contributed by atoms with Crippen molar-refractivity contribution in [2.75, 3.05) is 6.61 Å². The van der Waals surface area contributed by atoms with Crippen LogP contribution in [0.15, 0.2) is 42.5 Å². The largest absolute Gasteiger partial charge is 0.482 e. The number of rotatable bonds is 7. The number of carbonyl (C=O) groups is 2. The number of ether oxygens (including phenoxy) is 2. The van der Waals surface area contributed by atoms with Crippen LogP contribution in [0.4, 0.5) is 4.39 Å². The molecule has 32 heavy (non-hydrogen) atoms. The number of carboxylic acids is 1. The third-order valence-electron chi connectivity index (χ3n) is 5.72. The Morgan fingerprint density at radius 3 is 2.44 bits per heavy atom. The predicted octanol–water partition coefficient (Wildman–Crippen LogP) is 4.90. The van der Waals surface area contributed by atoms with Gasteiger partial charge in [-0.1, -0.05) is 32.0 Å². The Hall–Kier alpha value is -2.93. The van der Waals surface area contributed by atoms with Crippen LogP contribution in [0.25, 0.3) is 0 Å². The molecule has 172 valence electrons. The molecule has 1 saturated heterocycles. The summed E-state index contributed by atoms with van der Waals surface area (Å²) in [4.78, 5) is 23.0. The Labute approximate surface area is 187 Å². The van der Waals surface area contributed by atoms with E-state index in [9.17, 15) is 14.0 Å². The van der Waals surface area contributed by atoms with Crippen molar-refractivity contribution in [3.05, 3.63) is 65.0 Å². The molecule has 0 aliphatic carbocycles. The van der Waals surface area contributed by atoms with Gasteiger partial charge in [-0.3, -0.25) is 4.79 Å². The molecule has 0 saturated carbocycles. The van der Waals surface area contributed by atoms with Gasteiger partial charge in [0, 0.05) is 30.9 Å². The fourth-order valence-electron chi connectivity index (χ4n) is 4.23. The van der Waals surface area contributed by atoms with Crippen molar-refractivity contribution in [1.82, 2.24) is 5.32 Å². The summed E-state index contributed by atoms with van der Waals surface area (Å²) in [5.41, 5.74) is 2.03. The van der Waals surface area contributed by atoms with Crippen LogP contribution in [-0.4, -0.2) is 29.1 Å². The van der Waals surface area contributed by atoms with Gasteiger partial charge < -0.3 is 19.9 Å². The summed E-state index contributed by atoms with van der Waals surface area (Å²) in [5, 5.41) is 12.1. The van der Waals surface area contributed by atoms with Gasteiger partial charge in [-0.25, -0.2) is 9.18 Å². The van der Waals surface area contributed by atoms with E-state index in [0.29, 0.717) is 18.6 Å². The summed E-state index contributed by atoms with van der Waals surface area (Å²) in [6.07, 6.45) is 0.151. The second-order valence-electron chi connectivity index (χ2n) is 8.95. The third-order valence-corrected chi connectivity index (χ3v) is 5.72. The van der Waals surface area contributed by atoms with Gasteiger partial charge in [0.2, 0.25) is 5.91 Å². The zero-order valence-corrected chi connectivity index (χ0v) is 18.9. The van der Waals surface area contributed by atoms with E-state index in [1.807, 2.05) is 19.1 Å². The SMILES string of the molecule is CC(=O)N[C@@]1(C)C[C@@H](c2ccc(F)cc2)O[C@@H](c2cc(C(C)C)ccc2OCC(=O)O)C1. The van der Waals surface area contributed by atoms with Crippen LogP contribution < -0.4 is 10.1 Å². The normalized spacial score (nSPS) is 23.1. The molecule has 0 bridgehead atoms. The van der Waals surface area contributed by atoms with E-state index >= 15 is 0 Å². The predicted molar refractivity (Wildman–Crippen MR) is 118 cm³/mol. The summed E-state index contributed by atoms with van der Waals surface area (Å²) >= 11 is 0. The molecule has 0 radical (unpaired) electrons. The van der Waals surface area contributed by atoms with Gasteiger partial charge >= 0.3 is 5.97 Å². The number of carboxylic acid groups (broad SMARTS) is 1. The van der Waals surface area contributed by atoms with Crippen LogP contribution >= 0.6 is 0 Å². The van der Waals surface area contributed by atoms with Gasteiger partial charge in [-0.05, 0) is 48.2 Å². The Bertz CT molecular complexity index is 975. The molecule has 1 aliphatic rings. The van der Waals surface area contributed by atoms with Gasteiger partial charge in [0.25, 0.3) is 0 Å².